The maximum Gasteiger partial charge on any atom is 0.326 e. The molecule has 0 fully saturated rings. The largest absolute Gasteiger partial charge is 0.508 e. The highest BCUT2D eigenvalue weighted by Crippen LogP contribution is 2.30. The first-order valence-electron chi connectivity index (χ1n) is 8.55. The van der Waals surface area contributed by atoms with E-state index in [1.54, 1.807) is 0 Å². The van der Waals surface area contributed by atoms with Gasteiger partial charge in [-0.05, 0) is 24.1 Å². The Balaban J connectivity index is 1.98. The van der Waals surface area contributed by atoms with E-state index in [1.165, 1.54) is 42.7 Å². The average molecular weight is 399 g/mol. The average Bonchev–Trinajstić information content (AvgIpc) is 2.65. The summed E-state index contributed by atoms with van der Waals surface area (Å²) in [5.41, 5.74) is 0.357. The number of benzene rings is 2. The van der Waals surface area contributed by atoms with E-state index in [1.807, 2.05) is 0 Å². The minimum absolute atomic E-state index is 0.0300. The van der Waals surface area contributed by atoms with E-state index in [9.17, 15) is 29.7 Å². The van der Waals surface area contributed by atoms with Gasteiger partial charge in [-0.2, -0.15) is 0 Å². The van der Waals surface area contributed by atoms with Gasteiger partial charge in [0.25, 0.3) is 0 Å². The van der Waals surface area contributed by atoms with Gasteiger partial charge in [-0.3, -0.25) is 9.59 Å². The fourth-order valence-corrected chi connectivity index (χ4v) is 2.88. The number of carbonyl (C=O) groups is 2. The van der Waals surface area contributed by atoms with Crippen molar-refractivity contribution >= 4 is 28.6 Å². The van der Waals surface area contributed by atoms with Crippen molar-refractivity contribution in [1.29, 1.82) is 0 Å². The summed E-state index contributed by atoms with van der Waals surface area (Å²) < 4.78 is 5.47. The Kier molecular flexibility index (Phi) is 5.40. The van der Waals surface area contributed by atoms with Crippen LogP contribution in [0.1, 0.15) is 12.8 Å². The van der Waals surface area contributed by atoms with Crippen LogP contribution in [0.25, 0.3) is 22.1 Å². The number of carboxylic acid groups (broad SMARTS) is 2. The molecule has 29 heavy (non-hydrogen) atoms. The quantitative estimate of drug-likeness (QED) is 0.403. The van der Waals surface area contributed by atoms with Gasteiger partial charge in [0.15, 0.2) is 0 Å². The molecule has 150 valence electrons. The first-order chi connectivity index (χ1) is 13.8. The van der Waals surface area contributed by atoms with Crippen molar-refractivity contribution in [2.24, 2.45) is 0 Å². The second kappa shape index (κ2) is 7.93. The van der Waals surface area contributed by atoms with Crippen molar-refractivity contribution in [3.8, 4) is 22.6 Å². The lowest BCUT2D eigenvalue weighted by atomic mass is 10.0. The molecule has 1 aromatic heterocycles. The topological polar surface area (TPSA) is 157 Å². The summed E-state index contributed by atoms with van der Waals surface area (Å²) in [7, 11) is 0. The third-order valence-electron chi connectivity index (χ3n) is 4.32. The predicted molar refractivity (Wildman–Crippen MR) is 103 cm³/mol. The van der Waals surface area contributed by atoms with Crippen molar-refractivity contribution in [3.05, 3.63) is 52.9 Å². The van der Waals surface area contributed by atoms with Crippen LogP contribution in [-0.2, 0) is 9.59 Å². The zero-order valence-electron chi connectivity index (χ0n) is 15.0. The number of anilines is 1. The number of phenols is 2. The number of aromatic hydroxyl groups is 2. The molecule has 0 aliphatic heterocycles. The highest BCUT2D eigenvalue weighted by Gasteiger charge is 2.20. The van der Waals surface area contributed by atoms with Gasteiger partial charge in [-0.1, -0.05) is 12.1 Å². The summed E-state index contributed by atoms with van der Waals surface area (Å²) in [6, 6.07) is 7.21. The molecule has 5 N–H and O–H groups in total. The summed E-state index contributed by atoms with van der Waals surface area (Å²) in [5.74, 6) is -2.77. The summed E-state index contributed by atoms with van der Waals surface area (Å²) >= 11 is 0. The van der Waals surface area contributed by atoms with Crippen LogP contribution in [0, 0.1) is 0 Å². The Labute approximate surface area is 163 Å². The van der Waals surface area contributed by atoms with E-state index in [-0.39, 0.29) is 40.8 Å². The Morgan fingerprint density at radius 1 is 1.07 bits per heavy atom. The van der Waals surface area contributed by atoms with Crippen LogP contribution in [0.4, 0.5) is 5.69 Å². The van der Waals surface area contributed by atoms with Crippen LogP contribution in [0.2, 0.25) is 0 Å². The van der Waals surface area contributed by atoms with E-state index in [0.29, 0.717) is 5.56 Å². The Morgan fingerprint density at radius 2 is 1.76 bits per heavy atom. The zero-order valence-corrected chi connectivity index (χ0v) is 15.0. The summed E-state index contributed by atoms with van der Waals surface area (Å²) in [6.07, 6.45) is 0.682. The number of carboxylic acids is 2. The monoisotopic (exact) mass is 399 g/mol. The van der Waals surface area contributed by atoms with E-state index < -0.39 is 29.2 Å². The fourth-order valence-electron chi connectivity index (χ4n) is 2.88. The van der Waals surface area contributed by atoms with Gasteiger partial charge in [0.2, 0.25) is 5.43 Å². The molecule has 0 saturated carbocycles. The SMILES string of the molecule is O=C(O)CC[C@H](Nc1cc(O)c2c(=O)c(-c3ccc(O)cc3)coc2c1)C(=O)O. The second-order valence-electron chi connectivity index (χ2n) is 6.36. The molecule has 0 radical (unpaired) electrons. The summed E-state index contributed by atoms with van der Waals surface area (Å²) in [4.78, 5) is 34.8. The van der Waals surface area contributed by atoms with Gasteiger partial charge < -0.3 is 30.2 Å². The molecule has 0 unspecified atom stereocenters. The lowest BCUT2D eigenvalue weighted by molar-refractivity contribution is -0.139. The van der Waals surface area contributed by atoms with Gasteiger partial charge in [0.05, 0.1) is 5.56 Å². The lowest BCUT2D eigenvalue weighted by Gasteiger charge is -2.15. The van der Waals surface area contributed by atoms with E-state index in [4.69, 9.17) is 9.52 Å². The number of hydrogen-bond acceptors (Lipinski definition) is 7. The smallest absolute Gasteiger partial charge is 0.326 e. The molecule has 0 bridgehead atoms. The van der Waals surface area contributed by atoms with Crippen molar-refractivity contribution in [3.63, 3.8) is 0 Å². The Morgan fingerprint density at radius 3 is 2.38 bits per heavy atom. The van der Waals surface area contributed by atoms with Crippen molar-refractivity contribution in [1.82, 2.24) is 0 Å². The number of aliphatic carboxylic acids is 2. The highest BCUT2D eigenvalue weighted by molar-refractivity contribution is 5.90. The highest BCUT2D eigenvalue weighted by atomic mass is 16.4. The molecule has 0 aliphatic carbocycles. The zero-order chi connectivity index (χ0) is 21.1. The number of hydrogen-bond donors (Lipinski definition) is 5. The molecule has 0 aliphatic rings. The molecule has 9 nitrogen and oxygen atoms in total. The molecule has 9 heteroatoms. The number of fused-ring (bicyclic) bond motifs is 1. The van der Waals surface area contributed by atoms with Crippen LogP contribution in [0.3, 0.4) is 0 Å². The molecular formula is C20H17NO8. The van der Waals surface area contributed by atoms with Crippen LogP contribution in [0.15, 0.2) is 51.9 Å². The van der Waals surface area contributed by atoms with Crippen LogP contribution in [-0.4, -0.2) is 38.4 Å². The normalized spacial score (nSPS) is 11.9. The third kappa shape index (κ3) is 4.29. The molecule has 3 rings (SSSR count). The molecule has 0 saturated heterocycles. The maximum absolute atomic E-state index is 12.8. The first-order valence-corrected chi connectivity index (χ1v) is 8.55. The molecule has 1 heterocycles. The van der Waals surface area contributed by atoms with Crippen molar-refractivity contribution in [2.75, 3.05) is 5.32 Å². The Bertz CT molecular complexity index is 1130. The maximum atomic E-state index is 12.8. The molecule has 2 aromatic carbocycles. The predicted octanol–water partition coefficient (Wildman–Crippen LogP) is 2.60. The number of nitrogens with one attached hydrogen (secondary N) is 1. The fraction of sp³-hybridized carbons (Fsp3) is 0.150. The van der Waals surface area contributed by atoms with Gasteiger partial charge in [-0.15, -0.1) is 0 Å². The van der Waals surface area contributed by atoms with Crippen LogP contribution in [0.5, 0.6) is 11.5 Å². The molecule has 0 amide bonds. The number of phenolic OH excluding ortho intramolecular Hbond substituents is 2. The standard InChI is InChI=1S/C20H17NO8/c22-12-3-1-10(2-4-12)13-9-29-16-8-11(7-15(23)18(16)19(13)26)21-14(20(27)28)5-6-17(24)25/h1-4,7-9,14,21-23H,5-6H2,(H,24,25)(H,27,28)/t14-/m0/s1. The lowest BCUT2D eigenvalue weighted by Crippen LogP contribution is -2.29. The van der Waals surface area contributed by atoms with Gasteiger partial charge in [0, 0.05) is 24.2 Å². The van der Waals surface area contributed by atoms with E-state index in [0.717, 1.165) is 0 Å². The summed E-state index contributed by atoms with van der Waals surface area (Å²) in [6.45, 7) is 0. The molecule has 1 atom stereocenters. The molecule has 0 spiro atoms. The van der Waals surface area contributed by atoms with Gasteiger partial charge >= 0.3 is 11.9 Å². The van der Waals surface area contributed by atoms with Crippen LogP contribution >= 0.6 is 0 Å². The van der Waals surface area contributed by atoms with Crippen molar-refractivity contribution in [2.45, 2.75) is 18.9 Å². The van der Waals surface area contributed by atoms with Gasteiger partial charge in [-0.25, -0.2) is 4.79 Å². The Hall–Kier alpha value is -4.01. The minimum Gasteiger partial charge on any atom is -0.508 e. The first kappa shape index (κ1) is 19.7. The van der Waals surface area contributed by atoms with Crippen LogP contribution < -0.4 is 10.7 Å². The molecular weight excluding hydrogens is 382 g/mol. The summed E-state index contributed by atoms with van der Waals surface area (Å²) in [5, 5.41) is 40.2. The second-order valence-corrected chi connectivity index (χ2v) is 6.36. The molecule has 3 aromatic rings. The third-order valence-corrected chi connectivity index (χ3v) is 4.32. The van der Waals surface area contributed by atoms with Crippen molar-refractivity contribution < 1.29 is 34.4 Å². The number of rotatable bonds is 7. The van der Waals surface area contributed by atoms with Gasteiger partial charge in [0.1, 0.15) is 34.8 Å². The minimum atomic E-state index is -1.25. The van der Waals surface area contributed by atoms with E-state index in [2.05, 4.69) is 5.32 Å². The van der Waals surface area contributed by atoms with E-state index >= 15 is 0 Å².